The van der Waals surface area contributed by atoms with E-state index in [-0.39, 0.29) is 11.3 Å². The largest absolute Gasteiger partial charge is 0.298 e. The molecule has 0 radical (unpaired) electrons. The van der Waals surface area contributed by atoms with Crippen molar-refractivity contribution in [3.63, 3.8) is 0 Å². The fourth-order valence-electron chi connectivity index (χ4n) is 1.58. The van der Waals surface area contributed by atoms with Crippen molar-refractivity contribution < 1.29 is 4.79 Å². The average molecular weight is 288 g/mol. The molecule has 0 aliphatic carbocycles. The van der Waals surface area contributed by atoms with E-state index in [9.17, 15) is 9.59 Å². The first-order valence-electron chi connectivity index (χ1n) is 6.03. The summed E-state index contributed by atoms with van der Waals surface area (Å²) in [6.45, 7) is 2.04. The second-order valence-electron chi connectivity index (χ2n) is 3.88. The van der Waals surface area contributed by atoms with E-state index in [1.807, 2.05) is 6.92 Å². The first-order chi connectivity index (χ1) is 9.76. The Bertz CT molecular complexity index is 708. The van der Waals surface area contributed by atoms with Gasteiger partial charge in [-0.2, -0.15) is 4.99 Å². The molecule has 0 saturated carbocycles. The summed E-state index contributed by atoms with van der Waals surface area (Å²) in [4.78, 5) is 28.7. The maximum atomic E-state index is 12.0. The van der Waals surface area contributed by atoms with Crippen molar-refractivity contribution in [3.05, 3.63) is 34.6 Å². The summed E-state index contributed by atoms with van der Waals surface area (Å²) in [5.74, 6) is 0.857. The fraction of sp³-hybridized carbons (Fsp3) is 0.231. The van der Waals surface area contributed by atoms with Crippen molar-refractivity contribution in [2.75, 3.05) is 5.75 Å². The fourth-order valence-corrected chi connectivity index (χ4v) is 2.24. The number of hydrogen-bond donors (Lipinski definition) is 1. The maximum Gasteiger partial charge on any atom is 0.278 e. The molecule has 0 aliphatic heterocycles. The van der Waals surface area contributed by atoms with Crippen LogP contribution >= 0.6 is 11.8 Å². The maximum absolute atomic E-state index is 12.0. The highest BCUT2D eigenvalue weighted by Gasteiger charge is 2.11. The zero-order valence-corrected chi connectivity index (χ0v) is 11.6. The van der Waals surface area contributed by atoms with Crippen LogP contribution in [0.3, 0.4) is 0 Å². The Kier molecular flexibility index (Phi) is 4.81. The third kappa shape index (κ3) is 3.20. The number of aliphatic imine (C=N–C) groups is 1. The molecule has 102 valence electrons. The van der Waals surface area contributed by atoms with Gasteiger partial charge in [-0.15, -0.1) is 10.2 Å². The van der Waals surface area contributed by atoms with Crippen LogP contribution in [0.1, 0.15) is 13.3 Å². The summed E-state index contributed by atoms with van der Waals surface area (Å²) in [6.07, 6.45) is 2.44. The number of H-pyrrole nitrogens is 1. The van der Waals surface area contributed by atoms with E-state index in [0.29, 0.717) is 16.4 Å². The van der Waals surface area contributed by atoms with Crippen molar-refractivity contribution in [3.8, 4) is 11.3 Å². The molecule has 20 heavy (non-hydrogen) atoms. The molecule has 0 unspecified atom stereocenters. The lowest BCUT2D eigenvalue weighted by Crippen LogP contribution is -2.14. The van der Waals surface area contributed by atoms with E-state index in [2.05, 4.69) is 20.2 Å². The molecule has 0 fully saturated rings. The smallest absolute Gasteiger partial charge is 0.278 e. The van der Waals surface area contributed by atoms with Crippen molar-refractivity contribution in [2.24, 2.45) is 4.99 Å². The normalized spacial score (nSPS) is 10.1. The van der Waals surface area contributed by atoms with Crippen LogP contribution in [-0.4, -0.2) is 27.0 Å². The van der Waals surface area contributed by atoms with Crippen molar-refractivity contribution in [1.82, 2.24) is 15.2 Å². The Labute approximate surface area is 119 Å². The standard InChI is InChI=1S/C13H12N4O2S/c1-2-7-20-13-15-12(19)11(16-17-13)9-5-3-4-6-10(9)14-8-18/h3-6H,2,7H2,1H3,(H,15,17,19). The lowest BCUT2D eigenvalue weighted by atomic mass is 10.1. The summed E-state index contributed by atoms with van der Waals surface area (Å²) in [5, 5.41) is 8.40. The van der Waals surface area contributed by atoms with Gasteiger partial charge in [0.25, 0.3) is 5.56 Å². The van der Waals surface area contributed by atoms with Gasteiger partial charge in [0.2, 0.25) is 6.08 Å². The van der Waals surface area contributed by atoms with E-state index in [1.165, 1.54) is 17.8 Å². The van der Waals surface area contributed by atoms with E-state index >= 15 is 0 Å². The lowest BCUT2D eigenvalue weighted by Gasteiger charge is -2.03. The molecule has 0 spiro atoms. The number of isocyanates is 1. The van der Waals surface area contributed by atoms with Gasteiger partial charge in [-0.25, -0.2) is 4.79 Å². The van der Waals surface area contributed by atoms with Gasteiger partial charge in [0, 0.05) is 11.3 Å². The van der Waals surface area contributed by atoms with E-state index < -0.39 is 0 Å². The van der Waals surface area contributed by atoms with Gasteiger partial charge >= 0.3 is 0 Å². The molecule has 2 rings (SSSR count). The van der Waals surface area contributed by atoms with Crippen LogP contribution in [0.5, 0.6) is 0 Å². The first kappa shape index (κ1) is 14.2. The molecule has 0 aliphatic rings. The molecule has 0 atom stereocenters. The summed E-state index contributed by atoms with van der Waals surface area (Å²) in [6, 6.07) is 6.72. The second-order valence-corrected chi connectivity index (χ2v) is 4.96. The Morgan fingerprint density at radius 3 is 2.85 bits per heavy atom. The Morgan fingerprint density at radius 2 is 2.15 bits per heavy atom. The Morgan fingerprint density at radius 1 is 1.35 bits per heavy atom. The molecular formula is C13H12N4O2S. The molecule has 1 aromatic heterocycles. The molecule has 0 amide bonds. The van der Waals surface area contributed by atoms with Crippen LogP contribution < -0.4 is 5.56 Å². The van der Waals surface area contributed by atoms with Gasteiger partial charge in [-0.05, 0) is 12.5 Å². The third-order valence-electron chi connectivity index (χ3n) is 2.44. The quantitative estimate of drug-likeness (QED) is 0.518. The van der Waals surface area contributed by atoms with Gasteiger partial charge in [0.05, 0.1) is 5.69 Å². The Balaban J connectivity index is 2.44. The minimum Gasteiger partial charge on any atom is -0.298 e. The topological polar surface area (TPSA) is 88.1 Å². The minimum absolute atomic E-state index is 0.139. The SMILES string of the molecule is CCCSc1nnc(-c2ccccc2N=C=O)c(=O)[nH]1. The van der Waals surface area contributed by atoms with Crippen LogP contribution in [-0.2, 0) is 4.79 Å². The van der Waals surface area contributed by atoms with Crippen molar-refractivity contribution >= 4 is 23.5 Å². The van der Waals surface area contributed by atoms with Crippen molar-refractivity contribution in [2.45, 2.75) is 18.5 Å². The molecule has 1 N–H and O–H groups in total. The van der Waals surface area contributed by atoms with Crippen LogP contribution in [0.25, 0.3) is 11.3 Å². The molecule has 0 bridgehead atoms. The number of para-hydroxylation sites is 1. The summed E-state index contributed by atoms with van der Waals surface area (Å²) >= 11 is 1.44. The molecule has 7 heteroatoms. The average Bonchev–Trinajstić information content (AvgIpc) is 2.46. The van der Waals surface area contributed by atoms with E-state index in [4.69, 9.17) is 0 Å². The summed E-state index contributed by atoms with van der Waals surface area (Å²) in [7, 11) is 0. The highest BCUT2D eigenvalue weighted by molar-refractivity contribution is 7.99. The lowest BCUT2D eigenvalue weighted by molar-refractivity contribution is 0.565. The predicted octanol–water partition coefficient (Wildman–Crippen LogP) is 2.30. The van der Waals surface area contributed by atoms with Crippen LogP contribution in [0.15, 0.2) is 39.2 Å². The molecular weight excluding hydrogens is 276 g/mol. The van der Waals surface area contributed by atoms with Gasteiger partial charge < -0.3 is 0 Å². The minimum atomic E-state index is -0.354. The van der Waals surface area contributed by atoms with Gasteiger partial charge in [0.15, 0.2) is 10.9 Å². The number of aromatic nitrogens is 3. The number of benzene rings is 1. The molecule has 0 saturated heterocycles. The second kappa shape index (κ2) is 6.79. The molecule has 2 aromatic rings. The highest BCUT2D eigenvalue weighted by Crippen LogP contribution is 2.25. The summed E-state index contributed by atoms with van der Waals surface area (Å²) < 4.78 is 0. The van der Waals surface area contributed by atoms with Crippen LogP contribution in [0, 0.1) is 0 Å². The number of nitrogens with one attached hydrogen (secondary N) is 1. The Hall–Kier alpha value is -2.24. The number of carbonyl (C=O) groups excluding carboxylic acids is 1. The third-order valence-corrected chi connectivity index (χ3v) is 3.51. The number of aromatic amines is 1. The van der Waals surface area contributed by atoms with Gasteiger partial charge in [-0.3, -0.25) is 9.78 Å². The number of nitrogens with zero attached hydrogens (tertiary/aromatic N) is 3. The number of rotatable bonds is 5. The van der Waals surface area contributed by atoms with Crippen LogP contribution in [0.4, 0.5) is 5.69 Å². The summed E-state index contributed by atoms with van der Waals surface area (Å²) in [5.41, 5.74) is 0.584. The van der Waals surface area contributed by atoms with Gasteiger partial charge in [-0.1, -0.05) is 36.9 Å². The van der Waals surface area contributed by atoms with Crippen molar-refractivity contribution in [1.29, 1.82) is 0 Å². The zero-order valence-electron chi connectivity index (χ0n) is 10.8. The molecule has 1 aromatic carbocycles. The number of hydrogen-bond acceptors (Lipinski definition) is 6. The van der Waals surface area contributed by atoms with E-state index in [1.54, 1.807) is 24.3 Å². The zero-order chi connectivity index (χ0) is 14.4. The highest BCUT2D eigenvalue weighted by atomic mass is 32.2. The number of thioether (sulfide) groups is 1. The first-order valence-corrected chi connectivity index (χ1v) is 7.02. The predicted molar refractivity (Wildman–Crippen MR) is 76.9 cm³/mol. The van der Waals surface area contributed by atoms with E-state index in [0.717, 1.165) is 12.2 Å². The monoisotopic (exact) mass is 288 g/mol. The van der Waals surface area contributed by atoms with Gasteiger partial charge in [0.1, 0.15) is 0 Å². The molecule has 6 nitrogen and oxygen atoms in total. The van der Waals surface area contributed by atoms with Crippen LogP contribution in [0.2, 0.25) is 0 Å². The molecule has 1 heterocycles.